The van der Waals surface area contributed by atoms with Crippen molar-refractivity contribution >= 4 is 11.6 Å². The Hall–Kier alpha value is -1.75. The van der Waals surface area contributed by atoms with Gasteiger partial charge in [-0.25, -0.2) is 0 Å². The molecule has 0 bridgehead atoms. The fourth-order valence-corrected chi connectivity index (χ4v) is 2.62. The summed E-state index contributed by atoms with van der Waals surface area (Å²) < 4.78 is 10.4. The molecule has 2 rings (SSSR count). The van der Waals surface area contributed by atoms with Gasteiger partial charge in [0.15, 0.2) is 0 Å². The Morgan fingerprint density at radius 2 is 1.86 bits per heavy atom. The van der Waals surface area contributed by atoms with Crippen LogP contribution in [0.25, 0.3) is 0 Å². The van der Waals surface area contributed by atoms with E-state index in [4.69, 9.17) is 9.47 Å². The van der Waals surface area contributed by atoms with Crippen LogP contribution in [-0.2, 0) is 9.53 Å². The lowest BCUT2D eigenvalue weighted by Crippen LogP contribution is -2.39. The van der Waals surface area contributed by atoms with Crippen molar-refractivity contribution in [3.05, 3.63) is 24.3 Å². The first kappa shape index (κ1) is 16.6. The van der Waals surface area contributed by atoms with E-state index in [0.29, 0.717) is 25.8 Å². The van der Waals surface area contributed by atoms with E-state index in [1.165, 1.54) is 19.3 Å². The standard InChI is InChI=1S/C17H26N2O3/c1-21-11-12-22-16-9-7-14(8-10-16)18-13-17(20)19-15-5-3-2-4-6-15/h7-10,15,18H,2-6,11-13H2,1H3,(H,19,20). The average molecular weight is 306 g/mol. The Morgan fingerprint density at radius 1 is 1.14 bits per heavy atom. The van der Waals surface area contributed by atoms with Crippen molar-refractivity contribution in [3.8, 4) is 5.75 Å². The summed E-state index contributed by atoms with van der Waals surface area (Å²) in [4.78, 5) is 11.9. The second-order valence-corrected chi connectivity index (χ2v) is 5.62. The summed E-state index contributed by atoms with van der Waals surface area (Å²) in [7, 11) is 1.65. The van der Waals surface area contributed by atoms with E-state index in [0.717, 1.165) is 24.3 Å². The van der Waals surface area contributed by atoms with Crippen LogP contribution < -0.4 is 15.4 Å². The van der Waals surface area contributed by atoms with E-state index in [2.05, 4.69) is 10.6 Å². The molecule has 1 aliphatic carbocycles. The predicted molar refractivity (Wildman–Crippen MR) is 87.3 cm³/mol. The number of nitrogens with one attached hydrogen (secondary N) is 2. The van der Waals surface area contributed by atoms with Gasteiger partial charge in [0, 0.05) is 18.8 Å². The van der Waals surface area contributed by atoms with Gasteiger partial charge >= 0.3 is 0 Å². The maximum atomic E-state index is 11.9. The molecule has 0 saturated heterocycles. The molecule has 1 aromatic rings. The molecule has 0 heterocycles. The summed E-state index contributed by atoms with van der Waals surface area (Å²) >= 11 is 0. The van der Waals surface area contributed by atoms with Crippen LogP contribution in [0, 0.1) is 0 Å². The zero-order valence-electron chi connectivity index (χ0n) is 13.3. The number of carbonyl (C=O) groups excluding carboxylic acids is 1. The molecule has 0 spiro atoms. The maximum absolute atomic E-state index is 11.9. The molecule has 0 radical (unpaired) electrons. The molecule has 0 atom stereocenters. The van der Waals surface area contributed by atoms with Crippen LogP contribution in [0.5, 0.6) is 5.75 Å². The number of benzene rings is 1. The number of rotatable bonds is 8. The number of carbonyl (C=O) groups is 1. The van der Waals surface area contributed by atoms with Crippen molar-refractivity contribution in [1.29, 1.82) is 0 Å². The summed E-state index contributed by atoms with van der Waals surface area (Å²) in [5.74, 6) is 0.863. The molecule has 22 heavy (non-hydrogen) atoms. The van der Waals surface area contributed by atoms with Crippen molar-refractivity contribution in [2.45, 2.75) is 38.1 Å². The van der Waals surface area contributed by atoms with Gasteiger partial charge in [-0.1, -0.05) is 19.3 Å². The molecule has 5 nitrogen and oxygen atoms in total. The third-order valence-corrected chi connectivity index (χ3v) is 3.83. The highest BCUT2D eigenvalue weighted by Gasteiger charge is 2.15. The van der Waals surface area contributed by atoms with E-state index >= 15 is 0 Å². The maximum Gasteiger partial charge on any atom is 0.239 e. The fourth-order valence-electron chi connectivity index (χ4n) is 2.62. The molecule has 1 amide bonds. The predicted octanol–water partition coefficient (Wildman–Crippen LogP) is 2.57. The van der Waals surface area contributed by atoms with Crippen LogP contribution in [0.2, 0.25) is 0 Å². The first-order chi connectivity index (χ1) is 10.8. The van der Waals surface area contributed by atoms with Crippen LogP contribution in [0.15, 0.2) is 24.3 Å². The second-order valence-electron chi connectivity index (χ2n) is 5.62. The first-order valence-electron chi connectivity index (χ1n) is 8.03. The molecule has 2 N–H and O–H groups in total. The minimum Gasteiger partial charge on any atom is -0.491 e. The number of methoxy groups -OCH3 is 1. The number of hydrogen-bond donors (Lipinski definition) is 2. The number of hydrogen-bond acceptors (Lipinski definition) is 4. The third kappa shape index (κ3) is 5.93. The van der Waals surface area contributed by atoms with E-state index in [1.807, 2.05) is 24.3 Å². The van der Waals surface area contributed by atoms with E-state index in [1.54, 1.807) is 7.11 Å². The van der Waals surface area contributed by atoms with Gasteiger partial charge in [-0.2, -0.15) is 0 Å². The second kappa shape index (κ2) is 9.30. The van der Waals surface area contributed by atoms with Crippen LogP contribution >= 0.6 is 0 Å². The largest absolute Gasteiger partial charge is 0.491 e. The highest BCUT2D eigenvalue weighted by atomic mass is 16.5. The Morgan fingerprint density at radius 3 is 2.55 bits per heavy atom. The summed E-state index contributed by atoms with van der Waals surface area (Å²) in [6.45, 7) is 1.41. The highest BCUT2D eigenvalue weighted by molar-refractivity contribution is 5.81. The molecular weight excluding hydrogens is 280 g/mol. The lowest BCUT2D eigenvalue weighted by molar-refractivity contribution is -0.120. The zero-order valence-corrected chi connectivity index (χ0v) is 13.3. The molecule has 0 unspecified atom stereocenters. The topological polar surface area (TPSA) is 59.6 Å². The van der Waals surface area contributed by atoms with Crippen molar-refractivity contribution in [3.63, 3.8) is 0 Å². The Kier molecular flexibility index (Phi) is 7.03. The average Bonchev–Trinajstić information content (AvgIpc) is 2.55. The zero-order chi connectivity index (χ0) is 15.6. The van der Waals surface area contributed by atoms with Gasteiger partial charge in [-0.05, 0) is 37.1 Å². The molecule has 5 heteroatoms. The van der Waals surface area contributed by atoms with E-state index < -0.39 is 0 Å². The monoisotopic (exact) mass is 306 g/mol. The van der Waals surface area contributed by atoms with Crippen LogP contribution in [0.1, 0.15) is 32.1 Å². The first-order valence-corrected chi connectivity index (χ1v) is 8.03. The molecule has 0 aliphatic heterocycles. The molecular formula is C17H26N2O3. The Labute approximate surface area is 132 Å². The third-order valence-electron chi connectivity index (χ3n) is 3.83. The van der Waals surface area contributed by atoms with Crippen molar-refractivity contribution < 1.29 is 14.3 Å². The fraction of sp³-hybridized carbons (Fsp3) is 0.588. The lowest BCUT2D eigenvalue weighted by Gasteiger charge is -2.22. The van der Waals surface area contributed by atoms with Gasteiger partial charge in [-0.15, -0.1) is 0 Å². The van der Waals surface area contributed by atoms with E-state index in [9.17, 15) is 4.79 Å². The van der Waals surface area contributed by atoms with Gasteiger partial charge in [-0.3, -0.25) is 4.79 Å². The molecule has 122 valence electrons. The minimum absolute atomic E-state index is 0.0623. The summed E-state index contributed by atoms with van der Waals surface area (Å²) in [5.41, 5.74) is 0.915. The minimum atomic E-state index is 0.0623. The van der Waals surface area contributed by atoms with Gasteiger partial charge < -0.3 is 20.1 Å². The SMILES string of the molecule is COCCOc1ccc(NCC(=O)NC2CCCCC2)cc1. The molecule has 1 aliphatic rings. The molecule has 1 saturated carbocycles. The number of ether oxygens (including phenoxy) is 2. The summed E-state index contributed by atoms with van der Waals surface area (Å²) in [5, 5.41) is 6.23. The lowest BCUT2D eigenvalue weighted by atomic mass is 9.95. The quantitative estimate of drug-likeness (QED) is 0.725. The highest BCUT2D eigenvalue weighted by Crippen LogP contribution is 2.17. The van der Waals surface area contributed by atoms with Gasteiger partial charge in [0.05, 0.1) is 13.2 Å². The van der Waals surface area contributed by atoms with Crippen LogP contribution in [-0.4, -0.2) is 38.8 Å². The Balaban J connectivity index is 1.68. The number of anilines is 1. The molecule has 0 aromatic heterocycles. The van der Waals surface area contributed by atoms with Crippen molar-refractivity contribution in [1.82, 2.24) is 5.32 Å². The summed E-state index contributed by atoms with van der Waals surface area (Å²) in [6, 6.07) is 7.96. The van der Waals surface area contributed by atoms with Crippen LogP contribution in [0.4, 0.5) is 5.69 Å². The Bertz CT molecular complexity index is 442. The summed E-state index contributed by atoms with van der Waals surface area (Å²) in [6.07, 6.45) is 5.97. The normalized spacial score (nSPS) is 15.3. The smallest absolute Gasteiger partial charge is 0.239 e. The van der Waals surface area contributed by atoms with Crippen molar-refractivity contribution in [2.75, 3.05) is 32.2 Å². The van der Waals surface area contributed by atoms with Gasteiger partial charge in [0.25, 0.3) is 0 Å². The van der Waals surface area contributed by atoms with Gasteiger partial charge in [0.1, 0.15) is 12.4 Å². The molecule has 1 aromatic carbocycles. The number of amides is 1. The van der Waals surface area contributed by atoms with Crippen LogP contribution in [0.3, 0.4) is 0 Å². The van der Waals surface area contributed by atoms with E-state index in [-0.39, 0.29) is 5.91 Å². The van der Waals surface area contributed by atoms with Crippen molar-refractivity contribution in [2.24, 2.45) is 0 Å². The molecule has 1 fully saturated rings. The van der Waals surface area contributed by atoms with Gasteiger partial charge in [0.2, 0.25) is 5.91 Å².